The number of ether oxygens (including phenoxy) is 1. The van der Waals surface area contributed by atoms with Gasteiger partial charge in [-0.05, 0) is 38.6 Å². The van der Waals surface area contributed by atoms with Crippen molar-refractivity contribution in [3.05, 3.63) is 0 Å². The number of rotatable bonds is 9. The lowest BCUT2D eigenvalue weighted by atomic mass is 9.84. The van der Waals surface area contributed by atoms with Crippen molar-refractivity contribution in [1.29, 1.82) is 0 Å². The SMILES string of the molecule is CCC1CCC(N(C)CCOCC(N)CC(N)=O)CC1. The highest BCUT2D eigenvalue weighted by atomic mass is 16.5. The molecule has 1 saturated carbocycles. The Balaban J connectivity index is 2.08. The van der Waals surface area contributed by atoms with Crippen LogP contribution in [-0.2, 0) is 9.53 Å². The Hall–Kier alpha value is -0.650. The van der Waals surface area contributed by atoms with Crippen LogP contribution in [0.25, 0.3) is 0 Å². The molecular formula is C15H31N3O2. The Morgan fingerprint density at radius 3 is 2.55 bits per heavy atom. The number of hydrogen-bond donors (Lipinski definition) is 2. The number of nitrogens with zero attached hydrogens (tertiary/aromatic N) is 1. The molecule has 1 aliphatic carbocycles. The van der Waals surface area contributed by atoms with E-state index in [1.165, 1.54) is 32.1 Å². The molecule has 1 aliphatic rings. The Labute approximate surface area is 123 Å². The molecule has 1 rings (SSSR count). The van der Waals surface area contributed by atoms with E-state index in [4.69, 9.17) is 16.2 Å². The van der Waals surface area contributed by atoms with Gasteiger partial charge in [0, 0.05) is 25.0 Å². The van der Waals surface area contributed by atoms with E-state index < -0.39 is 0 Å². The molecule has 1 fully saturated rings. The van der Waals surface area contributed by atoms with Crippen molar-refractivity contribution in [3.63, 3.8) is 0 Å². The molecule has 0 aromatic rings. The number of carbonyl (C=O) groups is 1. The molecule has 0 bridgehead atoms. The van der Waals surface area contributed by atoms with Crippen molar-refractivity contribution in [2.24, 2.45) is 17.4 Å². The van der Waals surface area contributed by atoms with Crippen molar-refractivity contribution in [1.82, 2.24) is 4.90 Å². The highest BCUT2D eigenvalue weighted by Gasteiger charge is 2.22. The van der Waals surface area contributed by atoms with E-state index >= 15 is 0 Å². The van der Waals surface area contributed by atoms with Gasteiger partial charge in [0.15, 0.2) is 0 Å². The molecule has 0 aromatic heterocycles. The van der Waals surface area contributed by atoms with E-state index in [2.05, 4.69) is 18.9 Å². The Morgan fingerprint density at radius 1 is 1.35 bits per heavy atom. The van der Waals surface area contributed by atoms with Crippen LogP contribution < -0.4 is 11.5 Å². The fourth-order valence-electron chi connectivity index (χ4n) is 2.94. The standard InChI is InChI=1S/C15H31N3O2/c1-3-12-4-6-14(7-5-12)18(2)8-9-20-11-13(16)10-15(17)19/h12-14H,3-11,16H2,1-2H3,(H2,17,19). The van der Waals surface area contributed by atoms with Crippen molar-refractivity contribution < 1.29 is 9.53 Å². The van der Waals surface area contributed by atoms with Crippen LogP contribution in [0, 0.1) is 5.92 Å². The molecule has 0 aliphatic heterocycles. The smallest absolute Gasteiger partial charge is 0.219 e. The number of amides is 1. The zero-order chi connectivity index (χ0) is 15.0. The third-order valence-corrected chi connectivity index (χ3v) is 4.40. The third kappa shape index (κ3) is 6.68. The van der Waals surface area contributed by atoms with Gasteiger partial charge >= 0.3 is 0 Å². The van der Waals surface area contributed by atoms with Gasteiger partial charge in [-0.25, -0.2) is 0 Å². The quantitative estimate of drug-likeness (QED) is 0.622. The summed E-state index contributed by atoms with van der Waals surface area (Å²) in [4.78, 5) is 13.1. The first-order chi connectivity index (χ1) is 9.52. The Bertz CT molecular complexity index is 278. The lowest BCUT2D eigenvalue weighted by molar-refractivity contribution is -0.118. The van der Waals surface area contributed by atoms with Gasteiger partial charge in [0.2, 0.25) is 5.91 Å². The van der Waals surface area contributed by atoms with Gasteiger partial charge in [-0.2, -0.15) is 0 Å². The predicted octanol–water partition coefficient (Wildman–Crippen LogP) is 1.11. The molecular weight excluding hydrogens is 254 g/mol. The fourth-order valence-corrected chi connectivity index (χ4v) is 2.94. The van der Waals surface area contributed by atoms with Crippen molar-refractivity contribution in [2.45, 2.75) is 57.5 Å². The summed E-state index contributed by atoms with van der Waals surface area (Å²) < 4.78 is 5.53. The summed E-state index contributed by atoms with van der Waals surface area (Å²) in [6.45, 7) is 4.28. The first kappa shape index (κ1) is 17.4. The minimum Gasteiger partial charge on any atom is -0.378 e. The lowest BCUT2D eigenvalue weighted by Crippen LogP contribution is -2.38. The van der Waals surface area contributed by atoms with Gasteiger partial charge in [-0.1, -0.05) is 13.3 Å². The van der Waals surface area contributed by atoms with Gasteiger partial charge in [0.05, 0.1) is 13.2 Å². The third-order valence-electron chi connectivity index (χ3n) is 4.40. The monoisotopic (exact) mass is 285 g/mol. The summed E-state index contributed by atoms with van der Waals surface area (Å²) in [5, 5.41) is 0. The van der Waals surface area contributed by atoms with Crippen LogP contribution in [0.3, 0.4) is 0 Å². The number of nitrogens with two attached hydrogens (primary N) is 2. The number of carbonyl (C=O) groups excluding carboxylic acids is 1. The highest BCUT2D eigenvalue weighted by molar-refractivity contribution is 5.74. The summed E-state index contributed by atoms with van der Waals surface area (Å²) in [5.41, 5.74) is 10.8. The number of likely N-dealkylation sites (N-methyl/N-ethyl adjacent to an activating group) is 1. The molecule has 118 valence electrons. The summed E-state index contributed by atoms with van der Waals surface area (Å²) >= 11 is 0. The summed E-state index contributed by atoms with van der Waals surface area (Å²) in [6, 6.07) is 0.415. The summed E-state index contributed by atoms with van der Waals surface area (Å²) in [7, 11) is 2.17. The van der Waals surface area contributed by atoms with Crippen LogP contribution in [0.15, 0.2) is 0 Å². The first-order valence-corrected chi connectivity index (χ1v) is 7.84. The molecule has 1 unspecified atom stereocenters. The largest absolute Gasteiger partial charge is 0.378 e. The molecule has 1 atom stereocenters. The van der Waals surface area contributed by atoms with Crippen molar-refractivity contribution in [3.8, 4) is 0 Å². The zero-order valence-electron chi connectivity index (χ0n) is 13.0. The van der Waals surface area contributed by atoms with Crippen LogP contribution in [-0.4, -0.2) is 49.7 Å². The van der Waals surface area contributed by atoms with E-state index in [0.29, 0.717) is 19.3 Å². The Kier molecular flexibility index (Phi) is 8.11. The van der Waals surface area contributed by atoms with Gasteiger partial charge in [0.25, 0.3) is 0 Å². The Morgan fingerprint density at radius 2 is 2.00 bits per heavy atom. The molecule has 5 nitrogen and oxygen atoms in total. The van der Waals surface area contributed by atoms with Crippen LogP contribution in [0.4, 0.5) is 0 Å². The topological polar surface area (TPSA) is 81.6 Å². The molecule has 0 saturated heterocycles. The molecule has 5 heteroatoms. The van der Waals surface area contributed by atoms with Crippen molar-refractivity contribution in [2.75, 3.05) is 26.8 Å². The number of hydrogen-bond acceptors (Lipinski definition) is 4. The van der Waals surface area contributed by atoms with Gasteiger partial charge < -0.3 is 21.1 Å². The van der Waals surface area contributed by atoms with Crippen LogP contribution in [0.5, 0.6) is 0 Å². The molecule has 0 radical (unpaired) electrons. The van der Waals surface area contributed by atoms with Crippen LogP contribution in [0.1, 0.15) is 45.4 Å². The first-order valence-electron chi connectivity index (χ1n) is 7.84. The summed E-state index contributed by atoms with van der Waals surface area (Å²) in [6.07, 6.45) is 6.83. The second kappa shape index (κ2) is 9.32. The van der Waals surface area contributed by atoms with Gasteiger partial charge in [-0.3, -0.25) is 4.79 Å². The van der Waals surface area contributed by atoms with Gasteiger partial charge in [-0.15, -0.1) is 0 Å². The normalized spacial score (nSPS) is 24.8. The van der Waals surface area contributed by atoms with E-state index in [0.717, 1.165) is 12.5 Å². The van der Waals surface area contributed by atoms with Gasteiger partial charge in [0.1, 0.15) is 0 Å². The molecule has 20 heavy (non-hydrogen) atoms. The second-order valence-electron chi connectivity index (χ2n) is 6.07. The highest BCUT2D eigenvalue weighted by Crippen LogP contribution is 2.28. The average Bonchev–Trinajstić information content (AvgIpc) is 2.42. The minimum atomic E-state index is -0.370. The van der Waals surface area contributed by atoms with Crippen molar-refractivity contribution >= 4 is 5.91 Å². The summed E-state index contributed by atoms with van der Waals surface area (Å²) in [5.74, 6) is 0.564. The van der Waals surface area contributed by atoms with E-state index in [1.54, 1.807) is 0 Å². The van der Waals surface area contributed by atoms with Crippen LogP contribution >= 0.6 is 0 Å². The second-order valence-corrected chi connectivity index (χ2v) is 6.07. The number of primary amides is 1. The maximum Gasteiger partial charge on any atom is 0.219 e. The van der Waals surface area contributed by atoms with E-state index in [9.17, 15) is 4.79 Å². The molecule has 1 amide bonds. The minimum absolute atomic E-state index is 0.191. The average molecular weight is 285 g/mol. The molecule has 4 N–H and O–H groups in total. The lowest BCUT2D eigenvalue weighted by Gasteiger charge is -2.34. The maximum atomic E-state index is 10.7. The predicted molar refractivity (Wildman–Crippen MR) is 81.3 cm³/mol. The maximum absolute atomic E-state index is 10.7. The zero-order valence-corrected chi connectivity index (χ0v) is 13.0. The van der Waals surface area contributed by atoms with Crippen LogP contribution in [0.2, 0.25) is 0 Å². The van der Waals surface area contributed by atoms with E-state index in [-0.39, 0.29) is 18.4 Å². The van der Waals surface area contributed by atoms with E-state index in [1.807, 2.05) is 0 Å². The fraction of sp³-hybridized carbons (Fsp3) is 0.933. The molecule has 0 spiro atoms. The molecule has 0 heterocycles. The molecule has 0 aromatic carbocycles.